The van der Waals surface area contributed by atoms with E-state index < -0.39 is 0 Å². The van der Waals surface area contributed by atoms with Gasteiger partial charge in [0.1, 0.15) is 0 Å². The van der Waals surface area contributed by atoms with Crippen LogP contribution in [-0.4, -0.2) is 22.0 Å². The SMILES string of the molecule is Cc1[nH]nc(NC(=O)c2ccc(NC(=O)C3CC3)s2)c1C. The van der Waals surface area contributed by atoms with Gasteiger partial charge in [0, 0.05) is 17.2 Å². The molecule has 110 valence electrons. The smallest absolute Gasteiger partial charge is 0.267 e. The number of nitrogens with one attached hydrogen (secondary N) is 3. The topological polar surface area (TPSA) is 86.9 Å². The molecule has 1 aliphatic rings. The van der Waals surface area contributed by atoms with E-state index in [0.29, 0.717) is 15.7 Å². The Labute approximate surface area is 125 Å². The van der Waals surface area contributed by atoms with E-state index in [-0.39, 0.29) is 17.7 Å². The van der Waals surface area contributed by atoms with E-state index in [1.807, 2.05) is 13.8 Å². The summed E-state index contributed by atoms with van der Waals surface area (Å²) in [5.74, 6) is 0.512. The third kappa shape index (κ3) is 2.97. The van der Waals surface area contributed by atoms with Crippen molar-refractivity contribution >= 4 is 34.0 Å². The molecule has 3 rings (SSSR count). The van der Waals surface area contributed by atoms with Crippen LogP contribution in [-0.2, 0) is 4.79 Å². The lowest BCUT2D eigenvalue weighted by Gasteiger charge is -2.01. The molecule has 7 heteroatoms. The zero-order valence-electron chi connectivity index (χ0n) is 11.8. The van der Waals surface area contributed by atoms with Gasteiger partial charge >= 0.3 is 0 Å². The predicted octanol–water partition coefficient (Wildman–Crippen LogP) is 2.69. The maximum absolute atomic E-state index is 12.2. The number of nitrogens with zero attached hydrogens (tertiary/aromatic N) is 1. The van der Waals surface area contributed by atoms with E-state index in [1.54, 1.807) is 12.1 Å². The van der Waals surface area contributed by atoms with Crippen molar-refractivity contribution in [1.82, 2.24) is 10.2 Å². The van der Waals surface area contributed by atoms with Crippen molar-refractivity contribution in [3.05, 3.63) is 28.3 Å². The summed E-state index contributed by atoms with van der Waals surface area (Å²) >= 11 is 1.26. The largest absolute Gasteiger partial charge is 0.317 e. The molecule has 2 amide bonds. The maximum Gasteiger partial charge on any atom is 0.267 e. The number of hydrogen-bond donors (Lipinski definition) is 3. The van der Waals surface area contributed by atoms with Gasteiger partial charge in [-0.1, -0.05) is 0 Å². The molecular weight excluding hydrogens is 288 g/mol. The van der Waals surface area contributed by atoms with Crippen LogP contribution in [0, 0.1) is 19.8 Å². The van der Waals surface area contributed by atoms with Gasteiger partial charge in [0.05, 0.1) is 9.88 Å². The lowest BCUT2D eigenvalue weighted by molar-refractivity contribution is -0.117. The van der Waals surface area contributed by atoms with Crippen LogP contribution in [0.15, 0.2) is 12.1 Å². The summed E-state index contributed by atoms with van der Waals surface area (Å²) in [4.78, 5) is 24.4. The number of aryl methyl sites for hydroxylation is 1. The van der Waals surface area contributed by atoms with Gasteiger partial charge in [-0.2, -0.15) is 5.10 Å². The van der Waals surface area contributed by atoms with Crippen molar-refractivity contribution in [3.8, 4) is 0 Å². The molecule has 0 bridgehead atoms. The molecule has 1 aliphatic carbocycles. The Kier molecular flexibility index (Phi) is 3.50. The van der Waals surface area contributed by atoms with Crippen molar-refractivity contribution in [2.45, 2.75) is 26.7 Å². The fourth-order valence-electron chi connectivity index (χ4n) is 1.87. The first-order valence-corrected chi connectivity index (χ1v) is 7.60. The van der Waals surface area contributed by atoms with E-state index in [4.69, 9.17) is 0 Å². The molecule has 2 aromatic heterocycles. The minimum atomic E-state index is -0.221. The van der Waals surface area contributed by atoms with Gasteiger partial charge in [-0.25, -0.2) is 0 Å². The molecule has 0 radical (unpaired) electrons. The quantitative estimate of drug-likeness (QED) is 0.811. The highest BCUT2D eigenvalue weighted by Crippen LogP contribution is 2.31. The number of H-pyrrole nitrogens is 1. The Morgan fingerprint density at radius 1 is 1.29 bits per heavy atom. The zero-order valence-corrected chi connectivity index (χ0v) is 12.6. The molecule has 21 heavy (non-hydrogen) atoms. The molecule has 0 spiro atoms. The molecule has 0 unspecified atom stereocenters. The van der Waals surface area contributed by atoms with Gasteiger partial charge in [0.2, 0.25) is 5.91 Å². The number of aromatic nitrogens is 2. The average Bonchev–Trinajstić information content (AvgIpc) is 3.15. The summed E-state index contributed by atoms with van der Waals surface area (Å²) in [7, 11) is 0. The second-order valence-electron chi connectivity index (χ2n) is 5.20. The predicted molar refractivity (Wildman–Crippen MR) is 81.7 cm³/mol. The standard InChI is InChI=1S/C14H16N4O2S/c1-7-8(2)17-18-12(7)16-14(20)10-5-6-11(21-10)15-13(19)9-3-4-9/h5-6,9H,3-4H2,1-2H3,(H,15,19)(H2,16,17,18,20). The van der Waals surface area contributed by atoms with Gasteiger partial charge in [-0.3, -0.25) is 14.7 Å². The van der Waals surface area contributed by atoms with Gasteiger partial charge in [0.15, 0.2) is 5.82 Å². The Morgan fingerprint density at radius 3 is 2.67 bits per heavy atom. The highest BCUT2D eigenvalue weighted by molar-refractivity contribution is 7.18. The summed E-state index contributed by atoms with van der Waals surface area (Å²) in [5, 5.41) is 13.2. The first kappa shape index (κ1) is 13.8. The minimum Gasteiger partial charge on any atom is -0.317 e. The third-order valence-corrected chi connectivity index (χ3v) is 4.51. The summed E-state index contributed by atoms with van der Waals surface area (Å²) in [6, 6.07) is 3.46. The van der Waals surface area contributed by atoms with Crippen LogP contribution < -0.4 is 10.6 Å². The third-order valence-electron chi connectivity index (χ3n) is 3.51. The Bertz CT molecular complexity index is 700. The second-order valence-corrected chi connectivity index (χ2v) is 6.29. The number of thiophene rings is 1. The number of carbonyl (C=O) groups excluding carboxylic acids is 2. The molecule has 1 fully saturated rings. The summed E-state index contributed by atoms with van der Waals surface area (Å²) < 4.78 is 0. The highest BCUT2D eigenvalue weighted by Gasteiger charge is 2.29. The van der Waals surface area contributed by atoms with Crippen LogP contribution in [0.4, 0.5) is 10.8 Å². The number of amides is 2. The van der Waals surface area contributed by atoms with Crippen LogP contribution in [0.2, 0.25) is 0 Å². The fourth-order valence-corrected chi connectivity index (χ4v) is 2.68. The van der Waals surface area contributed by atoms with Gasteiger partial charge in [-0.05, 0) is 38.8 Å². The number of anilines is 2. The van der Waals surface area contributed by atoms with E-state index in [1.165, 1.54) is 11.3 Å². The Hall–Kier alpha value is -2.15. The molecule has 0 atom stereocenters. The van der Waals surface area contributed by atoms with Gasteiger partial charge < -0.3 is 10.6 Å². The van der Waals surface area contributed by atoms with Crippen molar-refractivity contribution < 1.29 is 9.59 Å². The van der Waals surface area contributed by atoms with Crippen LogP contribution in [0.1, 0.15) is 33.8 Å². The number of aromatic amines is 1. The molecule has 1 saturated carbocycles. The fraction of sp³-hybridized carbons (Fsp3) is 0.357. The molecule has 0 aromatic carbocycles. The molecule has 2 heterocycles. The Morgan fingerprint density at radius 2 is 2.05 bits per heavy atom. The minimum absolute atomic E-state index is 0.0441. The molecule has 0 saturated heterocycles. The van der Waals surface area contributed by atoms with Crippen LogP contribution in [0.5, 0.6) is 0 Å². The normalized spacial score (nSPS) is 14.0. The average molecular weight is 304 g/mol. The summed E-state index contributed by atoms with van der Waals surface area (Å²) in [6.07, 6.45) is 1.92. The first-order valence-electron chi connectivity index (χ1n) is 6.78. The molecule has 3 N–H and O–H groups in total. The van der Waals surface area contributed by atoms with Crippen LogP contribution in [0.3, 0.4) is 0 Å². The monoisotopic (exact) mass is 304 g/mol. The summed E-state index contributed by atoms with van der Waals surface area (Å²) in [5.41, 5.74) is 1.84. The van der Waals surface area contributed by atoms with Crippen molar-refractivity contribution in [3.63, 3.8) is 0 Å². The Balaban J connectivity index is 1.66. The molecule has 0 aliphatic heterocycles. The molecular formula is C14H16N4O2S. The van der Waals surface area contributed by atoms with Crippen molar-refractivity contribution in [2.75, 3.05) is 10.6 Å². The highest BCUT2D eigenvalue weighted by atomic mass is 32.1. The number of hydrogen-bond acceptors (Lipinski definition) is 4. The lowest BCUT2D eigenvalue weighted by Crippen LogP contribution is -2.12. The summed E-state index contributed by atoms with van der Waals surface area (Å²) in [6.45, 7) is 3.79. The van der Waals surface area contributed by atoms with E-state index in [0.717, 1.165) is 24.1 Å². The zero-order chi connectivity index (χ0) is 15.0. The van der Waals surface area contributed by atoms with E-state index >= 15 is 0 Å². The number of carbonyl (C=O) groups is 2. The maximum atomic E-state index is 12.2. The van der Waals surface area contributed by atoms with E-state index in [9.17, 15) is 9.59 Å². The molecule has 6 nitrogen and oxygen atoms in total. The number of rotatable bonds is 4. The van der Waals surface area contributed by atoms with E-state index in [2.05, 4.69) is 20.8 Å². The van der Waals surface area contributed by atoms with Crippen LogP contribution in [0.25, 0.3) is 0 Å². The van der Waals surface area contributed by atoms with Crippen molar-refractivity contribution in [2.24, 2.45) is 5.92 Å². The van der Waals surface area contributed by atoms with Crippen LogP contribution >= 0.6 is 11.3 Å². The van der Waals surface area contributed by atoms with Gasteiger partial charge in [-0.15, -0.1) is 11.3 Å². The second kappa shape index (κ2) is 5.33. The van der Waals surface area contributed by atoms with Gasteiger partial charge in [0.25, 0.3) is 5.91 Å². The molecule has 2 aromatic rings. The first-order chi connectivity index (χ1) is 10.0. The lowest BCUT2D eigenvalue weighted by atomic mass is 10.3. The van der Waals surface area contributed by atoms with Crippen molar-refractivity contribution in [1.29, 1.82) is 0 Å².